The van der Waals surface area contributed by atoms with E-state index < -0.39 is 0 Å². The van der Waals surface area contributed by atoms with Crippen LogP contribution in [0.2, 0.25) is 0 Å². The molecule has 0 unspecified atom stereocenters. The van der Waals surface area contributed by atoms with E-state index in [2.05, 4.69) is 21.7 Å². The molecule has 0 aliphatic heterocycles. The van der Waals surface area contributed by atoms with Crippen LogP contribution in [0, 0.1) is 0 Å². The summed E-state index contributed by atoms with van der Waals surface area (Å²) in [5.74, 6) is 1.67. The average molecular weight is 636 g/mol. The summed E-state index contributed by atoms with van der Waals surface area (Å²) in [5, 5.41) is 0. The quantitative estimate of drug-likeness (QED) is 0.140. The Bertz CT molecular complexity index is 2120. The van der Waals surface area contributed by atoms with Crippen LogP contribution in [0.4, 0.5) is 0 Å². The summed E-state index contributed by atoms with van der Waals surface area (Å²) in [7, 11) is 0. The van der Waals surface area contributed by atoms with E-state index in [9.17, 15) is 0 Å². The Hall–Kier alpha value is -6.87. The summed E-state index contributed by atoms with van der Waals surface area (Å²) in [5.41, 5.74) is 7.92. The highest BCUT2D eigenvalue weighted by molar-refractivity contribution is 6.10. The highest BCUT2D eigenvalue weighted by Gasteiger charge is 2.14. The van der Waals surface area contributed by atoms with Crippen molar-refractivity contribution in [2.24, 2.45) is 9.98 Å². The molecule has 5 heterocycles. The number of allylic oxidation sites excluding steroid dienone is 1. The van der Waals surface area contributed by atoms with Crippen LogP contribution < -0.4 is 0 Å². The number of aliphatic imine (C=N–C) groups is 2. The van der Waals surface area contributed by atoms with Crippen LogP contribution in [0.25, 0.3) is 62.6 Å². The van der Waals surface area contributed by atoms with Gasteiger partial charge in [0.2, 0.25) is 0 Å². The highest BCUT2D eigenvalue weighted by Crippen LogP contribution is 2.27. The molecule has 49 heavy (non-hydrogen) atoms. The molecular formula is C40H29N9. The molecule has 0 N–H and O–H groups in total. The molecule has 2 aromatic carbocycles. The first-order chi connectivity index (χ1) is 24.2. The van der Waals surface area contributed by atoms with Crippen LogP contribution in [0.1, 0.15) is 11.1 Å². The van der Waals surface area contributed by atoms with Gasteiger partial charge in [-0.05, 0) is 60.3 Å². The van der Waals surface area contributed by atoms with Crippen molar-refractivity contribution in [1.29, 1.82) is 0 Å². The Morgan fingerprint density at radius 3 is 1.63 bits per heavy atom. The van der Waals surface area contributed by atoms with Crippen molar-refractivity contribution in [2.45, 2.75) is 6.54 Å². The van der Waals surface area contributed by atoms with E-state index in [1.807, 2.05) is 121 Å². The van der Waals surface area contributed by atoms with Crippen molar-refractivity contribution in [3.05, 3.63) is 157 Å². The maximum Gasteiger partial charge on any atom is 0.182 e. The number of benzene rings is 2. The fourth-order valence-electron chi connectivity index (χ4n) is 5.09. The molecule has 0 atom stereocenters. The first kappa shape index (κ1) is 30.8. The van der Waals surface area contributed by atoms with E-state index in [1.54, 1.807) is 31.0 Å². The lowest BCUT2D eigenvalue weighted by Crippen LogP contribution is -2.01. The standard InChI is InChI=1S/C40H29N9/c1-41-26-32(31-22-36(33-16-8-10-20-43-33)46-37(23-31)34-17-9-11-21-44-34)27-42-24-28-18-19-35(45-25-28)40-48-38(29-12-4-2-5-13-29)47-39(49-40)30-14-6-3-7-15-30/h2-23,25-27H,1,24H2/b32-26+,42-27-. The monoisotopic (exact) mass is 635 g/mol. The maximum absolute atomic E-state index is 4.86. The summed E-state index contributed by atoms with van der Waals surface area (Å²) < 4.78 is 0. The van der Waals surface area contributed by atoms with Crippen molar-refractivity contribution >= 4 is 18.5 Å². The van der Waals surface area contributed by atoms with Crippen molar-refractivity contribution < 1.29 is 0 Å². The zero-order chi connectivity index (χ0) is 33.3. The molecule has 0 fully saturated rings. The summed E-state index contributed by atoms with van der Waals surface area (Å²) >= 11 is 0. The van der Waals surface area contributed by atoms with Gasteiger partial charge in [-0.15, -0.1) is 0 Å². The molecule has 9 heteroatoms. The third kappa shape index (κ3) is 7.42. The van der Waals surface area contributed by atoms with Crippen molar-refractivity contribution in [2.75, 3.05) is 0 Å². The molecule has 7 rings (SSSR count). The highest BCUT2D eigenvalue weighted by atomic mass is 15.0. The van der Waals surface area contributed by atoms with Crippen LogP contribution in [-0.2, 0) is 6.54 Å². The molecule has 0 aliphatic rings. The number of aromatic nitrogens is 7. The van der Waals surface area contributed by atoms with Crippen molar-refractivity contribution in [3.63, 3.8) is 0 Å². The summed E-state index contributed by atoms with van der Waals surface area (Å²) in [4.78, 5) is 41.7. The molecule has 0 radical (unpaired) electrons. The third-order valence-corrected chi connectivity index (χ3v) is 7.50. The summed E-state index contributed by atoms with van der Waals surface area (Å²) in [6.45, 7) is 4.09. The van der Waals surface area contributed by atoms with Crippen molar-refractivity contribution in [3.8, 4) is 57.1 Å². The van der Waals surface area contributed by atoms with Gasteiger partial charge in [0.15, 0.2) is 17.5 Å². The van der Waals surface area contributed by atoms with Crippen LogP contribution in [-0.4, -0.2) is 47.8 Å². The normalized spacial score (nSPS) is 11.5. The van der Waals surface area contributed by atoms with Crippen LogP contribution in [0.3, 0.4) is 0 Å². The molecule has 9 nitrogen and oxygen atoms in total. The lowest BCUT2D eigenvalue weighted by atomic mass is 10.0. The minimum absolute atomic E-state index is 0.398. The smallest absolute Gasteiger partial charge is 0.182 e. The third-order valence-electron chi connectivity index (χ3n) is 7.50. The van der Waals surface area contributed by atoms with Crippen molar-refractivity contribution in [1.82, 2.24) is 34.9 Å². The molecule has 7 aromatic rings. The van der Waals surface area contributed by atoms with Gasteiger partial charge in [0, 0.05) is 47.7 Å². The Morgan fingerprint density at radius 2 is 1.12 bits per heavy atom. The Labute approximate surface area is 283 Å². The van der Waals surface area contributed by atoms with Gasteiger partial charge < -0.3 is 0 Å². The topological polar surface area (TPSA) is 115 Å². The average Bonchev–Trinajstić information content (AvgIpc) is 3.19. The van der Waals surface area contributed by atoms with E-state index in [1.165, 1.54) is 0 Å². The maximum atomic E-state index is 4.86. The minimum atomic E-state index is 0.398. The number of hydrogen-bond acceptors (Lipinski definition) is 9. The largest absolute Gasteiger partial charge is 0.288 e. The molecule has 0 spiro atoms. The van der Waals surface area contributed by atoms with Gasteiger partial charge in [-0.1, -0.05) is 78.9 Å². The van der Waals surface area contributed by atoms with E-state index in [0.717, 1.165) is 39.2 Å². The Morgan fingerprint density at radius 1 is 0.551 bits per heavy atom. The summed E-state index contributed by atoms with van der Waals surface area (Å²) in [6, 6.07) is 39.0. The number of hydrogen-bond donors (Lipinski definition) is 0. The van der Waals surface area contributed by atoms with E-state index in [0.29, 0.717) is 41.1 Å². The van der Waals surface area contributed by atoms with E-state index in [-0.39, 0.29) is 0 Å². The number of pyridine rings is 4. The second-order valence-electron chi connectivity index (χ2n) is 10.9. The van der Waals surface area contributed by atoms with Gasteiger partial charge >= 0.3 is 0 Å². The molecule has 0 saturated carbocycles. The molecule has 0 bridgehead atoms. The fraction of sp³-hybridized carbons (Fsp3) is 0.0250. The first-order valence-corrected chi connectivity index (χ1v) is 15.6. The Balaban J connectivity index is 1.16. The van der Waals surface area contributed by atoms with Gasteiger partial charge in [-0.25, -0.2) is 19.9 Å². The van der Waals surface area contributed by atoms with E-state index in [4.69, 9.17) is 29.9 Å². The summed E-state index contributed by atoms with van der Waals surface area (Å²) in [6.07, 6.45) is 8.75. The predicted molar refractivity (Wildman–Crippen MR) is 194 cm³/mol. The zero-order valence-electron chi connectivity index (χ0n) is 26.4. The van der Waals surface area contributed by atoms with Crippen LogP contribution in [0.5, 0.6) is 0 Å². The second-order valence-corrected chi connectivity index (χ2v) is 10.9. The molecule has 5 aromatic heterocycles. The number of nitrogens with zero attached hydrogens (tertiary/aromatic N) is 9. The molecule has 0 amide bonds. The van der Waals surface area contributed by atoms with Crippen LogP contribution in [0.15, 0.2) is 156 Å². The molecule has 0 aliphatic carbocycles. The molecular weight excluding hydrogens is 607 g/mol. The van der Waals surface area contributed by atoms with Crippen LogP contribution >= 0.6 is 0 Å². The SMILES string of the molecule is C=N/C=C(\C=N/Cc1ccc(-c2nc(-c3ccccc3)nc(-c3ccccc3)n2)nc1)c1cc(-c2ccccn2)nc(-c2ccccn2)c1. The lowest BCUT2D eigenvalue weighted by Gasteiger charge is -2.09. The van der Waals surface area contributed by atoms with Gasteiger partial charge in [0.25, 0.3) is 0 Å². The molecule has 234 valence electrons. The lowest BCUT2D eigenvalue weighted by molar-refractivity contribution is 1.03. The van der Waals surface area contributed by atoms with Gasteiger partial charge in [0.1, 0.15) is 5.69 Å². The van der Waals surface area contributed by atoms with Gasteiger partial charge in [-0.3, -0.25) is 24.9 Å². The first-order valence-electron chi connectivity index (χ1n) is 15.6. The zero-order valence-corrected chi connectivity index (χ0v) is 26.4. The molecule has 0 saturated heterocycles. The van der Waals surface area contributed by atoms with E-state index >= 15 is 0 Å². The Kier molecular flexibility index (Phi) is 9.23. The van der Waals surface area contributed by atoms with Gasteiger partial charge in [-0.2, -0.15) is 0 Å². The minimum Gasteiger partial charge on any atom is -0.288 e. The predicted octanol–water partition coefficient (Wildman–Crippen LogP) is 8.10. The number of rotatable bonds is 10. The van der Waals surface area contributed by atoms with Gasteiger partial charge in [0.05, 0.1) is 29.3 Å². The second kappa shape index (κ2) is 14.7. The fourth-order valence-corrected chi connectivity index (χ4v) is 5.09.